The Balaban J connectivity index is 1.84. The van der Waals surface area contributed by atoms with Crippen LogP contribution in [0.3, 0.4) is 0 Å². The predicted molar refractivity (Wildman–Crippen MR) is 67.9 cm³/mol. The van der Waals surface area contributed by atoms with Crippen molar-refractivity contribution in [2.45, 2.75) is 18.9 Å². The molecule has 88 valence electrons. The van der Waals surface area contributed by atoms with Crippen LogP contribution in [0.15, 0.2) is 24.3 Å². The normalized spacial score (nSPS) is 27.6. The van der Waals surface area contributed by atoms with E-state index >= 15 is 0 Å². The molecule has 3 rings (SSSR count). The lowest BCUT2D eigenvalue weighted by Crippen LogP contribution is -2.40. The zero-order valence-corrected chi connectivity index (χ0v) is 9.89. The number of piperidine rings is 1. The fraction of sp³-hybridized carbons (Fsp3) is 0.500. The molecule has 0 bridgehead atoms. The van der Waals surface area contributed by atoms with E-state index in [0.717, 1.165) is 36.8 Å². The van der Waals surface area contributed by atoms with E-state index in [0.29, 0.717) is 6.04 Å². The second kappa shape index (κ2) is 4.38. The number of nitriles is 1. The molecule has 0 aromatic heterocycles. The zero-order valence-electron chi connectivity index (χ0n) is 9.89. The highest BCUT2D eigenvalue weighted by molar-refractivity contribution is 5.60. The van der Waals surface area contributed by atoms with E-state index in [9.17, 15) is 0 Å². The first kappa shape index (κ1) is 10.6. The second-order valence-electron chi connectivity index (χ2n) is 5.00. The average Bonchev–Trinajstić information content (AvgIpc) is 2.82. The van der Waals surface area contributed by atoms with Gasteiger partial charge in [-0.05, 0) is 37.4 Å². The van der Waals surface area contributed by atoms with Crippen LogP contribution in [-0.2, 0) is 0 Å². The molecular weight excluding hydrogens is 210 g/mol. The average molecular weight is 227 g/mol. The van der Waals surface area contributed by atoms with Crippen molar-refractivity contribution < 1.29 is 0 Å². The molecule has 2 aliphatic heterocycles. The summed E-state index contributed by atoms with van der Waals surface area (Å²) < 4.78 is 0. The number of hydrogen-bond acceptors (Lipinski definition) is 3. The minimum absolute atomic E-state index is 0.621. The van der Waals surface area contributed by atoms with Crippen molar-refractivity contribution in [3.05, 3.63) is 29.8 Å². The van der Waals surface area contributed by atoms with Gasteiger partial charge in [0.15, 0.2) is 0 Å². The van der Waals surface area contributed by atoms with Crippen LogP contribution in [0.5, 0.6) is 0 Å². The van der Waals surface area contributed by atoms with E-state index in [4.69, 9.17) is 5.26 Å². The fourth-order valence-electron chi connectivity index (χ4n) is 3.09. The van der Waals surface area contributed by atoms with E-state index < -0.39 is 0 Å². The van der Waals surface area contributed by atoms with Crippen molar-refractivity contribution >= 4 is 5.69 Å². The first-order valence-corrected chi connectivity index (χ1v) is 6.36. The summed E-state index contributed by atoms with van der Waals surface area (Å²) in [6.07, 6.45) is 2.61. The third kappa shape index (κ3) is 1.89. The van der Waals surface area contributed by atoms with Crippen molar-refractivity contribution in [2.24, 2.45) is 5.92 Å². The van der Waals surface area contributed by atoms with Gasteiger partial charge in [-0.1, -0.05) is 12.1 Å². The highest BCUT2D eigenvalue weighted by Crippen LogP contribution is 2.30. The Morgan fingerprint density at radius 1 is 1.29 bits per heavy atom. The van der Waals surface area contributed by atoms with Crippen LogP contribution >= 0.6 is 0 Å². The van der Waals surface area contributed by atoms with E-state index in [2.05, 4.69) is 22.4 Å². The number of nitrogens with one attached hydrogen (secondary N) is 1. The molecule has 2 atom stereocenters. The van der Waals surface area contributed by atoms with Gasteiger partial charge in [0.05, 0.1) is 11.3 Å². The fourth-order valence-corrected chi connectivity index (χ4v) is 3.09. The van der Waals surface area contributed by atoms with Gasteiger partial charge in [-0.25, -0.2) is 0 Å². The lowest BCUT2D eigenvalue weighted by Gasteiger charge is -2.24. The smallest absolute Gasteiger partial charge is 0.101 e. The van der Waals surface area contributed by atoms with Gasteiger partial charge in [-0.15, -0.1) is 0 Å². The summed E-state index contributed by atoms with van der Waals surface area (Å²) in [6, 6.07) is 10.8. The summed E-state index contributed by atoms with van der Waals surface area (Å²) in [6.45, 7) is 3.29. The third-order valence-electron chi connectivity index (χ3n) is 3.96. The number of benzene rings is 1. The minimum Gasteiger partial charge on any atom is -0.369 e. The Morgan fingerprint density at radius 3 is 3.00 bits per heavy atom. The van der Waals surface area contributed by atoms with Gasteiger partial charge >= 0.3 is 0 Å². The van der Waals surface area contributed by atoms with E-state index in [1.165, 1.54) is 12.8 Å². The molecule has 0 aliphatic carbocycles. The Kier molecular flexibility index (Phi) is 2.74. The number of nitrogens with zero attached hydrogens (tertiary/aromatic N) is 2. The van der Waals surface area contributed by atoms with Crippen LogP contribution in [0.1, 0.15) is 18.4 Å². The lowest BCUT2D eigenvalue weighted by molar-refractivity contribution is 0.340. The first-order chi connectivity index (χ1) is 8.38. The summed E-state index contributed by atoms with van der Waals surface area (Å²) in [7, 11) is 0. The number of para-hydroxylation sites is 1. The number of fused-ring (bicyclic) bond motifs is 1. The molecule has 3 heteroatoms. The molecule has 2 fully saturated rings. The summed E-state index contributed by atoms with van der Waals surface area (Å²) in [4.78, 5) is 2.37. The first-order valence-electron chi connectivity index (χ1n) is 6.36. The topological polar surface area (TPSA) is 39.1 Å². The van der Waals surface area contributed by atoms with Crippen LogP contribution in [0.25, 0.3) is 0 Å². The van der Waals surface area contributed by atoms with Gasteiger partial charge in [0.25, 0.3) is 0 Å². The largest absolute Gasteiger partial charge is 0.369 e. The molecule has 2 saturated heterocycles. The molecule has 0 amide bonds. The van der Waals surface area contributed by atoms with Gasteiger partial charge in [0.1, 0.15) is 6.07 Å². The van der Waals surface area contributed by atoms with Gasteiger partial charge in [-0.3, -0.25) is 0 Å². The molecule has 2 heterocycles. The highest BCUT2D eigenvalue weighted by atomic mass is 15.2. The van der Waals surface area contributed by atoms with E-state index in [-0.39, 0.29) is 0 Å². The van der Waals surface area contributed by atoms with Crippen molar-refractivity contribution in [3.63, 3.8) is 0 Å². The van der Waals surface area contributed by atoms with Crippen LogP contribution < -0.4 is 10.2 Å². The van der Waals surface area contributed by atoms with E-state index in [1.807, 2.05) is 18.2 Å². The van der Waals surface area contributed by atoms with Gasteiger partial charge in [0.2, 0.25) is 0 Å². The summed E-state index contributed by atoms with van der Waals surface area (Å²) in [5.74, 6) is 0.760. The zero-order chi connectivity index (χ0) is 11.7. The summed E-state index contributed by atoms with van der Waals surface area (Å²) >= 11 is 0. The maximum Gasteiger partial charge on any atom is 0.101 e. The molecule has 1 N–H and O–H groups in total. The number of anilines is 1. The Hall–Kier alpha value is -1.53. The van der Waals surface area contributed by atoms with Crippen molar-refractivity contribution in [1.82, 2.24) is 5.32 Å². The highest BCUT2D eigenvalue weighted by Gasteiger charge is 2.34. The monoisotopic (exact) mass is 227 g/mol. The van der Waals surface area contributed by atoms with Crippen LogP contribution in [-0.4, -0.2) is 25.7 Å². The molecule has 0 radical (unpaired) electrons. The maximum atomic E-state index is 9.15. The molecule has 0 unspecified atom stereocenters. The Labute approximate surface area is 102 Å². The van der Waals surface area contributed by atoms with Crippen LogP contribution in [0.4, 0.5) is 5.69 Å². The van der Waals surface area contributed by atoms with E-state index in [1.54, 1.807) is 0 Å². The minimum atomic E-state index is 0.621. The molecule has 3 nitrogen and oxygen atoms in total. The third-order valence-corrected chi connectivity index (χ3v) is 3.96. The molecule has 17 heavy (non-hydrogen) atoms. The molecule has 0 spiro atoms. The van der Waals surface area contributed by atoms with Gasteiger partial charge in [-0.2, -0.15) is 5.26 Å². The van der Waals surface area contributed by atoms with Gasteiger partial charge < -0.3 is 10.2 Å². The van der Waals surface area contributed by atoms with Crippen LogP contribution in [0.2, 0.25) is 0 Å². The molecule has 1 aromatic rings. The Morgan fingerprint density at radius 2 is 2.18 bits per heavy atom. The summed E-state index contributed by atoms with van der Waals surface area (Å²) in [5, 5.41) is 12.7. The number of rotatable bonds is 1. The molecular formula is C14H17N3. The van der Waals surface area contributed by atoms with Crippen molar-refractivity contribution in [1.29, 1.82) is 5.26 Å². The molecule has 1 aromatic carbocycles. The Bertz CT molecular complexity index is 435. The molecule has 2 aliphatic rings. The van der Waals surface area contributed by atoms with Crippen molar-refractivity contribution in [2.75, 3.05) is 24.5 Å². The maximum absolute atomic E-state index is 9.15. The summed E-state index contributed by atoms with van der Waals surface area (Å²) in [5.41, 5.74) is 1.90. The lowest BCUT2D eigenvalue weighted by atomic mass is 9.94. The SMILES string of the molecule is N#Cc1ccccc1N1C[C@@H]2CCCN[C@@H]2C1. The quantitative estimate of drug-likeness (QED) is 0.794. The molecule has 0 saturated carbocycles. The van der Waals surface area contributed by atoms with Gasteiger partial charge in [0, 0.05) is 19.1 Å². The van der Waals surface area contributed by atoms with Crippen molar-refractivity contribution in [3.8, 4) is 6.07 Å². The standard InChI is InChI=1S/C14H17N3/c15-8-11-4-1-2-6-14(11)17-9-12-5-3-7-16-13(12)10-17/h1-2,4,6,12-13,16H,3,5,7,9-10H2/t12-,13+/m0/s1. The van der Waals surface area contributed by atoms with Crippen LogP contribution in [0, 0.1) is 17.2 Å². The second-order valence-corrected chi connectivity index (χ2v) is 5.00. The predicted octanol–water partition coefficient (Wildman–Crippen LogP) is 1.75. The number of hydrogen-bond donors (Lipinski definition) is 1.